The third-order valence-electron chi connectivity index (χ3n) is 5.58. The summed E-state index contributed by atoms with van der Waals surface area (Å²) in [6.07, 6.45) is 1.86. The number of hydrogen-bond acceptors (Lipinski definition) is 5. The first-order valence-corrected chi connectivity index (χ1v) is 11.3. The third-order valence-corrected chi connectivity index (χ3v) is 7.50. The zero-order valence-corrected chi connectivity index (χ0v) is 17.0. The molecule has 142 valence electrons. The fraction of sp³-hybridized carbons (Fsp3) is 0.273. The van der Waals surface area contributed by atoms with Crippen molar-refractivity contribution in [1.82, 2.24) is 9.80 Å². The molecule has 0 radical (unpaired) electrons. The number of benzene rings is 1. The smallest absolute Gasteiger partial charge is 0.261 e. The van der Waals surface area contributed by atoms with Crippen LogP contribution in [0, 0.1) is 0 Å². The minimum absolute atomic E-state index is 0.158. The normalized spacial score (nSPS) is 19.1. The molecule has 0 aliphatic carbocycles. The Morgan fingerprint density at radius 3 is 2.39 bits per heavy atom. The Labute approximate surface area is 172 Å². The molecule has 0 fully saturated rings. The summed E-state index contributed by atoms with van der Waals surface area (Å²) in [5, 5.41) is 4.32. The van der Waals surface area contributed by atoms with Gasteiger partial charge in [-0.25, -0.2) is 0 Å². The van der Waals surface area contributed by atoms with Crippen molar-refractivity contribution < 1.29 is 9.59 Å². The van der Waals surface area contributed by atoms with Gasteiger partial charge in [-0.3, -0.25) is 19.4 Å². The van der Waals surface area contributed by atoms with Crippen LogP contribution >= 0.6 is 22.7 Å². The van der Waals surface area contributed by atoms with E-state index in [0.29, 0.717) is 17.7 Å². The molecule has 0 N–H and O–H groups in total. The molecule has 1 unspecified atom stereocenters. The van der Waals surface area contributed by atoms with Crippen molar-refractivity contribution in [2.45, 2.75) is 18.9 Å². The van der Waals surface area contributed by atoms with Gasteiger partial charge in [-0.2, -0.15) is 0 Å². The number of carbonyl (C=O) groups is 2. The highest BCUT2D eigenvalue weighted by Gasteiger charge is 2.35. The molecule has 0 spiro atoms. The number of fused-ring (bicyclic) bond motifs is 2. The van der Waals surface area contributed by atoms with Crippen LogP contribution < -0.4 is 0 Å². The SMILES string of the molecule is O=C1c2ccccc2C(=O)N1CCCN1CCc2sccc2C1c1cccs1. The second-order valence-corrected chi connectivity index (χ2v) is 9.14. The van der Waals surface area contributed by atoms with Crippen LogP contribution in [0.5, 0.6) is 0 Å². The summed E-state index contributed by atoms with van der Waals surface area (Å²) in [4.78, 5) is 31.9. The van der Waals surface area contributed by atoms with Crippen LogP contribution in [-0.4, -0.2) is 41.2 Å². The number of thiophene rings is 2. The topological polar surface area (TPSA) is 40.6 Å². The third kappa shape index (κ3) is 2.92. The number of imide groups is 1. The zero-order chi connectivity index (χ0) is 19.1. The second-order valence-electron chi connectivity index (χ2n) is 7.16. The van der Waals surface area contributed by atoms with Gasteiger partial charge in [0.1, 0.15) is 0 Å². The summed E-state index contributed by atoms with van der Waals surface area (Å²) in [6, 6.07) is 14.0. The first-order chi connectivity index (χ1) is 13.7. The molecular formula is C22H20N2O2S2. The number of carbonyl (C=O) groups excluding carboxylic acids is 2. The maximum Gasteiger partial charge on any atom is 0.261 e. The molecule has 0 saturated carbocycles. The maximum atomic E-state index is 12.6. The van der Waals surface area contributed by atoms with Crippen LogP contribution in [0.1, 0.15) is 48.5 Å². The van der Waals surface area contributed by atoms with E-state index in [4.69, 9.17) is 0 Å². The average molecular weight is 409 g/mol. The van der Waals surface area contributed by atoms with Gasteiger partial charge in [0.25, 0.3) is 11.8 Å². The molecule has 1 atom stereocenters. The van der Waals surface area contributed by atoms with Crippen molar-refractivity contribution in [2.24, 2.45) is 0 Å². The van der Waals surface area contributed by atoms with Crippen molar-refractivity contribution >= 4 is 34.5 Å². The van der Waals surface area contributed by atoms with Gasteiger partial charge in [0.2, 0.25) is 0 Å². The van der Waals surface area contributed by atoms with E-state index in [1.807, 2.05) is 23.5 Å². The summed E-state index contributed by atoms with van der Waals surface area (Å²) in [5.74, 6) is -0.316. The predicted octanol–water partition coefficient (Wildman–Crippen LogP) is 4.44. The summed E-state index contributed by atoms with van der Waals surface area (Å²) >= 11 is 3.64. The molecule has 0 bridgehead atoms. The maximum absolute atomic E-state index is 12.6. The molecule has 4 heterocycles. The lowest BCUT2D eigenvalue weighted by Gasteiger charge is -2.35. The summed E-state index contributed by atoms with van der Waals surface area (Å²) < 4.78 is 0. The molecule has 2 amide bonds. The standard InChI is InChI=1S/C22H20N2O2S2/c25-21-15-5-1-2-6-16(15)22(26)24(21)11-4-10-23-12-8-18-17(9-14-28-18)20(23)19-7-3-13-27-19/h1-3,5-7,9,13-14,20H,4,8,10-12H2. The van der Waals surface area contributed by atoms with Crippen LogP contribution in [0.25, 0.3) is 0 Å². The van der Waals surface area contributed by atoms with E-state index >= 15 is 0 Å². The van der Waals surface area contributed by atoms with E-state index < -0.39 is 0 Å². The monoisotopic (exact) mass is 408 g/mol. The highest BCUT2D eigenvalue weighted by Crippen LogP contribution is 2.39. The molecule has 2 aromatic heterocycles. The van der Waals surface area contributed by atoms with Crippen molar-refractivity contribution in [1.29, 1.82) is 0 Å². The van der Waals surface area contributed by atoms with Gasteiger partial charge in [-0.1, -0.05) is 18.2 Å². The Balaban J connectivity index is 1.29. The molecule has 3 aromatic rings. The van der Waals surface area contributed by atoms with Gasteiger partial charge in [-0.15, -0.1) is 22.7 Å². The van der Waals surface area contributed by atoms with Gasteiger partial charge in [0.05, 0.1) is 17.2 Å². The quantitative estimate of drug-likeness (QED) is 0.586. The van der Waals surface area contributed by atoms with Crippen LogP contribution in [0.2, 0.25) is 0 Å². The lowest BCUT2D eigenvalue weighted by molar-refractivity contribution is 0.0645. The number of hydrogen-bond donors (Lipinski definition) is 0. The lowest BCUT2D eigenvalue weighted by atomic mass is 9.98. The van der Waals surface area contributed by atoms with E-state index in [2.05, 4.69) is 33.9 Å². The van der Waals surface area contributed by atoms with Crippen LogP contribution in [0.15, 0.2) is 53.2 Å². The van der Waals surface area contributed by atoms with Crippen molar-refractivity contribution in [3.63, 3.8) is 0 Å². The molecule has 0 saturated heterocycles. The Hall–Kier alpha value is -2.28. The Morgan fingerprint density at radius 1 is 0.893 bits per heavy atom. The zero-order valence-electron chi connectivity index (χ0n) is 15.3. The Bertz CT molecular complexity index is 990. The molecule has 2 aliphatic rings. The van der Waals surface area contributed by atoms with Gasteiger partial charge >= 0.3 is 0 Å². The lowest BCUT2D eigenvalue weighted by Crippen LogP contribution is -2.38. The highest BCUT2D eigenvalue weighted by molar-refractivity contribution is 7.10. The summed E-state index contributed by atoms with van der Waals surface area (Å²) in [6.45, 7) is 2.35. The minimum Gasteiger partial charge on any atom is -0.291 e. The molecular weight excluding hydrogens is 388 g/mol. The molecule has 5 rings (SSSR count). The predicted molar refractivity (Wildman–Crippen MR) is 112 cm³/mol. The number of rotatable bonds is 5. The van der Waals surface area contributed by atoms with Crippen LogP contribution in [0.3, 0.4) is 0 Å². The van der Waals surface area contributed by atoms with Gasteiger partial charge in [-0.05, 0) is 53.4 Å². The first kappa shape index (κ1) is 17.8. The van der Waals surface area contributed by atoms with E-state index in [1.54, 1.807) is 23.5 Å². The van der Waals surface area contributed by atoms with Crippen molar-refractivity contribution in [2.75, 3.05) is 19.6 Å². The average Bonchev–Trinajstić information content (AvgIpc) is 3.45. The molecule has 6 heteroatoms. The molecule has 2 aliphatic heterocycles. The van der Waals surface area contributed by atoms with E-state index in [9.17, 15) is 9.59 Å². The highest BCUT2D eigenvalue weighted by atomic mass is 32.1. The largest absolute Gasteiger partial charge is 0.291 e. The summed E-state index contributed by atoms with van der Waals surface area (Å²) in [5.41, 5.74) is 2.48. The summed E-state index contributed by atoms with van der Waals surface area (Å²) in [7, 11) is 0. The van der Waals surface area contributed by atoms with E-state index in [-0.39, 0.29) is 17.9 Å². The van der Waals surface area contributed by atoms with Crippen molar-refractivity contribution in [3.8, 4) is 0 Å². The number of amides is 2. The molecule has 1 aromatic carbocycles. The molecule has 4 nitrogen and oxygen atoms in total. The Kier molecular flexibility index (Phi) is 4.62. The Morgan fingerprint density at radius 2 is 1.68 bits per heavy atom. The van der Waals surface area contributed by atoms with E-state index in [0.717, 1.165) is 25.9 Å². The second kappa shape index (κ2) is 7.28. The van der Waals surface area contributed by atoms with Crippen LogP contribution in [0.4, 0.5) is 0 Å². The van der Waals surface area contributed by atoms with E-state index in [1.165, 1.54) is 20.2 Å². The number of nitrogens with zero attached hydrogens (tertiary/aromatic N) is 2. The fourth-order valence-corrected chi connectivity index (χ4v) is 6.04. The van der Waals surface area contributed by atoms with Crippen molar-refractivity contribution in [3.05, 3.63) is 79.7 Å². The molecule has 28 heavy (non-hydrogen) atoms. The van der Waals surface area contributed by atoms with Gasteiger partial charge in [0, 0.05) is 29.4 Å². The fourth-order valence-electron chi connectivity index (χ4n) is 4.26. The first-order valence-electron chi connectivity index (χ1n) is 9.53. The van der Waals surface area contributed by atoms with Gasteiger partial charge < -0.3 is 0 Å². The minimum atomic E-state index is -0.158. The van der Waals surface area contributed by atoms with Crippen LogP contribution in [-0.2, 0) is 6.42 Å². The van der Waals surface area contributed by atoms with Gasteiger partial charge in [0.15, 0.2) is 0 Å².